The summed E-state index contributed by atoms with van der Waals surface area (Å²) in [4.78, 5) is 9.27. The van der Waals surface area contributed by atoms with Crippen molar-refractivity contribution in [3.05, 3.63) is 108 Å². The molecule has 6 rings (SSSR count). The minimum Gasteiger partial charge on any atom is -0.252 e. The molecule has 6 aromatic rings. The van der Waals surface area contributed by atoms with Crippen LogP contribution in [0.25, 0.3) is 54.8 Å². The molecule has 3 heteroatoms. The number of rotatable bonds is 2. The summed E-state index contributed by atoms with van der Waals surface area (Å²) in [5.41, 5.74) is 6.73. The number of hydrogen-bond acceptors (Lipinski definition) is 2. The van der Waals surface area contributed by atoms with E-state index in [2.05, 4.69) is 117 Å². The predicted octanol–water partition coefficient (Wildman–Crippen LogP) is 8.03. The van der Waals surface area contributed by atoms with E-state index in [-0.39, 0.29) is 0 Å². The van der Waals surface area contributed by atoms with Gasteiger partial charge in [0.25, 0.3) is 0 Å². The Morgan fingerprint density at radius 3 is 1.58 bits per heavy atom. The molecule has 0 bridgehead atoms. The van der Waals surface area contributed by atoms with Gasteiger partial charge in [0.2, 0.25) is 0 Å². The van der Waals surface area contributed by atoms with Crippen molar-refractivity contribution >= 4 is 48.5 Å². The molecule has 0 saturated carbocycles. The Bertz CT molecular complexity index is 1530. The van der Waals surface area contributed by atoms with Crippen LogP contribution in [-0.2, 0) is 0 Å². The van der Waals surface area contributed by atoms with Crippen LogP contribution >= 0.6 is 15.9 Å². The highest BCUT2D eigenvalue weighted by Gasteiger charge is 2.11. The minimum absolute atomic E-state index is 0.952. The number of benzene rings is 5. The van der Waals surface area contributed by atoms with E-state index in [1.54, 1.807) is 12.4 Å². The van der Waals surface area contributed by atoms with Crippen molar-refractivity contribution in [2.75, 3.05) is 0 Å². The Labute approximate surface area is 188 Å². The van der Waals surface area contributed by atoms with Crippen molar-refractivity contribution in [1.29, 1.82) is 0 Å². The molecule has 1 heterocycles. The molecular weight excluding hydrogens is 444 g/mol. The number of aromatic nitrogens is 2. The Kier molecular flexibility index (Phi) is 4.29. The summed E-state index contributed by atoms with van der Waals surface area (Å²) >= 11 is 3.50. The van der Waals surface area contributed by atoms with Crippen molar-refractivity contribution in [2.45, 2.75) is 0 Å². The van der Waals surface area contributed by atoms with Crippen molar-refractivity contribution in [3.8, 4) is 22.3 Å². The van der Waals surface area contributed by atoms with Gasteiger partial charge in [-0.25, -0.2) is 0 Å². The fraction of sp³-hybridized carbons (Fsp3) is 0. The van der Waals surface area contributed by atoms with Gasteiger partial charge >= 0.3 is 0 Å². The molecule has 0 atom stereocenters. The Hall–Kier alpha value is -3.56. The summed E-state index contributed by atoms with van der Waals surface area (Å²) in [6.07, 6.45) is 3.53. The van der Waals surface area contributed by atoms with E-state index in [4.69, 9.17) is 0 Å². The van der Waals surface area contributed by atoms with E-state index in [9.17, 15) is 0 Å². The summed E-state index contributed by atoms with van der Waals surface area (Å²) in [6, 6.07) is 32.3. The van der Waals surface area contributed by atoms with Crippen LogP contribution in [0.15, 0.2) is 108 Å². The van der Waals surface area contributed by atoms with E-state index >= 15 is 0 Å². The third kappa shape index (κ3) is 3.09. The molecule has 0 aliphatic carbocycles. The molecule has 0 fully saturated rings. The largest absolute Gasteiger partial charge is 0.252 e. The third-order valence-corrected chi connectivity index (χ3v) is 6.37. The summed E-state index contributed by atoms with van der Waals surface area (Å²) in [5.74, 6) is 0. The highest BCUT2D eigenvalue weighted by Crippen LogP contribution is 2.35. The van der Waals surface area contributed by atoms with Gasteiger partial charge in [0.1, 0.15) is 0 Å². The van der Waals surface area contributed by atoms with Gasteiger partial charge in [-0.05, 0) is 51.2 Å². The Balaban J connectivity index is 1.52. The second-order valence-electron chi connectivity index (χ2n) is 7.64. The maximum Gasteiger partial charge on any atom is 0.0971 e. The first kappa shape index (κ1) is 18.2. The average molecular weight is 461 g/mol. The summed E-state index contributed by atoms with van der Waals surface area (Å²) in [7, 11) is 0. The van der Waals surface area contributed by atoms with Gasteiger partial charge < -0.3 is 0 Å². The zero-order chi connectivity index (χ0) is 20.8. The van der Waals surface area contributed by atoms with Crippen LogP contribution in [0.5, 0.6) is 0 Å². The minimum atomic E-state index is 0.952. The number of nitrogens with zero attached hydrogens (tertiary/aromatic N) is 2. The number of fused-ring (bicyclic) bond motifs is 6. The van der Waals surface area contributed by atoms with E-state index in [0.29, 0.717) is 0 Å². The lowest BCUT2D eigenvalue weighted by Crippen LogP contribution is -1.89. The number of hydrogen-bond donors (Lipinski definition) is 0. The van der Waals surface area contributed by atoms with Gasteiger partial charge in [-0.3, -0.25) is 9.97 Å². The lowest BCUT2D eigenvalue weighted by atomic mass is 9.95. The van der Waals surface area contributed by atoms with Crippen LogP contribution in [0.4, 0.5) is 0 Å². The maximum atomic E-state index is 4.65. The van der Waals surface area contributed by atoms with Crippen molar-refractivity contribution in [1.82, 2.24) is 9.97 Å². The van der Waals surface area contributed by atoms with Crippen molar-refractivity contribution in [3.63, 3.8) is 0 Å². The highest BCUT2D eigenvalue weighted by atomic mass is 79.9. The zero-order valence-electron chi connectivity index (χ0n) is 16.6. The van der Waals surface area contributed by atoms with Crippen LogP contribution < -0.4 is 0 Å². The molecule has 146 valence electrons. The smallest absolute Gasteiger partial charge is 0.0971 e. The SMILES string of the molecule is Brc1ccc(-c2ccc(-c3ccc4c(c3)c3ccccc3c3nccnc43)cc2)cc1. The first-order valence-corrected chi connectivity index (χ1v) is 11.0. The van der Waals surface area contributed by atoms with Crippen LogP contribution in [0.2, 0.25) is 0 Å². The molecule has 1 aromatic heterocycles. The van der Waals surface area contributed by atoms with Crippen molar-refractivity contribution < 1.29 is 0 Å². The van der Waals surface area contributed by atoms with Gasteiger partial charge in [-0.15, -0.1) is 0 Å². The molecule has 0 spiro atoms. The topological polar surface area (TPSA) is 25.8 Å². The first-order chi connectivity index (χ1) is 15.3. The summed E-state index contributed by atoms with van der Waals surface area (Å²) in [5, 5.41) is 4.69. The Morgan fingerprint density at radius 2 is 0.935 bits per heavy atom. The van der Waals surface area contributed by atoms with E-state index in [1.807, 2.05) is 0 Å². The highest BCUT2D eigenvalue weighted by molar-refractivity contribution is 9.10. The van der Waals surface area contributed by atoms with Gasteiger partial charge in [-0.1, -0.05) is 88.7 Å². The first-order valence-electron chi connectivity index (χ1n) is 10.2. The molecule has 0 amide bonds. The zero-order valence-corrected chi connectivity index (χ0v) is 18.2. The fourth-order valence-electron chi connectivity index (χ4n) is 4.31. The third-order valence-electron chi connectivity index (χ3n) is 5.84. The van der Waals surface area contributed by atoms with Crippen LogP contribution in [0, 0.1) is 0 Å². The second kappa shape index (κ2) is 7.29. The molecule has 5 aromatic carbocycles. The molecule has 31 heavy (non-hydrogen) atoms. The second-order valence-corrected chi connectivity index (χ2v) is 8.56. The maximum absolute atomic E-state index is 4.65. The molecule has 0 aliphatic heterocycles. The monoisotopic (exact) mass is 460 g/mol. The lowest BCUT2D eigenvalue weighted by molar-refractivity contribution is 1.31. The predicted molar refractivity (Wildman–Crippen MR) is 133 cm³/mol. The quantitative estimate of drug-likeness (QED) is 0.244. The average Bonchev–Trinajstić information content (AvgIpc) is 2.84. The number of halogens is 1. The summed E-state index contributed by atoms with van der Waals surface area (Å²) < 4.78 is 1.09. The lowest BCUT2D eigenvalue weighted by Gasteiger charge is -2.11. The standard InChI is InChI=1S/C28H17BrN2/c29-22-12-9-19(10-13-22)18-5-7-20(8-6-18)21-11-14-25-26(17-21)23-3-1-2-4-24(23)27-28(25)31-16-15-30-27/h1-17H. The fourth-order valence-corrected chi connectivity index (χ4v) is 4.57. The van der Waals surface area contributed by atoms with Gasteiger partial charge in [0.15, 0.2) is 0 Å². The van der Waals surface area contributed by atoms with E-state index in [0.717, 1.165) is 26.3 Å². The van der Waals surface area contributed by atoms with Crippen molar-refractivity contribution in [2.24, 2.45) is 0 Å². The molecule has 0 N–H and O–H groups in total. The molecule has 2 nitrogen and oxygen atoms in total. The van der Waals surface area contributed by atoms with Gasteiger partial charge in [-0.2, -0.15) is 0 Å². The van der Waals surface area contributed by atoms with Gasteiger partial charge in [0, 0.05) is 27.6 Å². The van der Waals surface area contributed by atoms with Gasteiger partial charge in [0.05, 0.1) is 11.0 Å². The van der Waals surface area contributed by atoms with E-state index < -0.39 is 0 Å². The van der Waals surface area contributed by atoms with Crippen LogP contribution in [0.3, 0.4) is 0 Å². The summed E-state index contributed by atoms with van der Waals surface area (Å²) in [6.45, 7) is 0. The normalized spacial score (nSPS) is 11.4. The van der Waals surface area contributed by atoms with Crippen LogP contribution in [-0.4, -0.2) is 9.97 Å². The molecular formula is C28H17BrN2. The molecule has 0 unspecified atom stereocenters. The Morgan fingerprint density at radius 1 is 0.452 bits per heavy atom. The van der Waals surface area contributed by atoms with Crippen LogP contribution in [0.1, 0.15) is 0 Å². The molecule has 0 radical (unpaired) electrons. The molecule has 0 aliphatic rings. The van der Waals surface area contributed by atoms with E-state index in [1.165, 1.54) is 33.0 Å². The molecule has 0 saturated heterocycles.